The van der Waals surface area contributed by atoms with Crippen molar-refractivity contribution in [1.29, 1.82) is 0 Å². The number of hydrogen-bond donors (Lipinski definition) is 1. The van der Waals surface area contributed by atoms with Gasteiger partial charge in [0.1, 0.15) is 0 Å². The summed E-state index contributed by atoms with van der Waals surface area (Å²) in [6.45, 7) is 1.56. The van der Waals surface area contributed by atoms with E-state index in [0.717, 1.165) is 18.4 Å². The molecule has 0 bridgehead atoms. The van der Waals surface area contributed by atoms with Crippen molar-refractivity contribution < 1.29 is 14.4 Å². The van der Waals surface area contributed by atoms with Gasteiger partial charge >= 0.3 is 0 Å². The van der Waals surface area contributed by atoms with Gasteiger partial charge < -0.3 is 10.6 Å². The predicted molar refractivity (Wildman–Crippen MR) is 112 cm³/mol. The number of benzene rings is 2. The van der Waals surface area contributed by atoms with Gasteiger partial charge in [-0.15, -0.1) is 12.4 Å². The van der Waals surface area contributed by atoms with Gasteiger partial charge in [-0.25, -0.2) is 0 Å². The summed E-state index contributed by atoms with van der Waals surface area (Å²) in [5.41, 5.74) is 8.10. The lowest BCUT2D eigenvalue weighted by Gasteiger charge is -2.30. The number of rotatable bonds is 4. The molecule has 1 saturated heterocycles. The minimum atomic E-state index is -0.328. The zero-order valence-electron chi connectivity index (χ0n) is 16.0. The molecule has 2 aliphatic heterocycles. The maximum Gasteiger partial charge on any atom is 0.261 e. The number of carbonyl (C=O) groups is 3. The van der Waals surface area contributed by atoms with Crippen LogP contribution in [-0.4, -0.2) is 53.2 Å². The van der Waals surface area contributed by atoms with Gasteiger partial charge in [0.25, 0.3) is 17.7 Å². The highest BCUT2D eigenvalue weighted by molar-refractivity contribution is 6.22. The molecule has 0 spiro atoms. The van der Waals surface area contributed by atoms with Gasteiger partial charge in [-0.2, -0.15) is 0 Å². The van der Waals surface area contributed by atoms with E-state index in [2.05, 4.69) is 0 Å². The lowest BCUT2D eigenvalue weighted by atomic mass is 10.0. The van der Waals surface area contributed by atoms with Crippen molar-refractivity contribution in [2.24, 2.45) is 5.73 Å². The molecule has 2 aromatic rings. The summed E-state index contributed by atoms with van der Waals surface area (Å²) < 4.78 is 0. The van der Waals surface area contributed by atoms with Crippen molar-refractivity contribution >= 4 is 30.1 Å². The van der Waals surface area contributed by atoms with Gasteiger partial charge in [0.2, 0.25) is 0 Å². The fourth-order valence-corrected chi connectivity index (χ4v) is 3.80. The van der Waals surface area contributed by atoms with E-state index < -0.39 is 0 Å². The van der Waals surface area contributed by atoms with Gasteiger partial charge in [0.05, 0.1) is 11.1 Å². The lowest BCUT2D eigenvalue weighted by Crippen LogP contribution is -2.42. The van der Waals surface area contributed by atoms with E-state index in [1.54, 1.807) is 23.1 Å². The normalized spacial score (nSPS) is 16.6. The van der Waals surface area contributed by atoms with Gasteiger partial charge in [0, 0.05) is 31.2 Å². The number of carbonyl (C=O) groups excluding carboxylic acids is 3. The van der Waals surface area contributed by atoms with Gasteiger partial charge in [0.15, 0.2) is 0 Å². The fraction of sp³-hybridized carbons (Fsp3) is 0.318. The molecule has 6 nitrogen and oxygen atoms in total. The van der Waals surface area contributed by atoms with Crippen LogP contribution in [0.5, 0.6) is 0 Å². The topological polar surface area (TPSA) is 83.7 Å². The Kier molecular flexibility index (Phi) is 6.35. The van der Waals surface area contributed by atoms with Crippen LogP contribution in [0.3, 0.4) is 0 Å². The lowest BCUT2D eigenvalue weighted by molar-refractivity contribution is 0.0655. The molecule has 0 atom stereocenters. The van der Waals surface area contributed by atoms with Crippen LogP contribution in [0.15, 0.2) is 48.5 Å². The van der Waals surface area contributed by atoms with Crippen LogP contribution >= 0.6 is 12.4 Å². The van der Waals surface area contributed by atoms with Crippen LogP contribution in [0.4, 0.5) is 0 Å². The average Bonchev–Trinajstić information content (AvgIpc) is 2.97. The Morgan fingerprint density at radius 3 is 2.31 bits per heavy atom. The van der Waals surface area contributed by atoms with Crippen molar-refractivity contribution in [2.45, 2.75) is 25.3 Å². The van der Waals surface area contributed by atoms with E-state index in [4.69, 9.17) is 5.73 Å². The largest absolute Gasteiger partial charge is 0.339 e. The first-order valence-corrected chi connectivity index (χ1v) is 9.63. The standard InChI is InChI=1S/C22H23N3O3.ClH/c23-17-9-11-24(12-10-17)20(26)16-6-7-18-19(14-16)22(28)25(21(18)27)13-8-15-4-2-1-3-5-15;/h1-7,14,17H,8-13,23H2;1H. The van der Waals surface area contributed by atoms with E-state index in [-0.39, 0.29) is 36.2 Å². The van der Waals surface area contributed by atoms with Gasteiger partial charge in [-0.05, 0) is 43.0 Å². The van der Waals surface area contributed by atoms with E-state index in [1.165, 1.54) is 4.90 Å². The number of amides is 3. The summed E-state index contributed by atoms with van der Waals surface area (Å²) in [5.74, 6) is -0.734. The number of nitrogens with two attached hydrogens (primary N) is 1. The average molecular weight is 414 g/mol. The molecule has 0 unspecified atom stereocenters. The van der Waals surface area contributed by atoms with E-state index in [0.29, 0.717) is 42.7 Å². The number of halogens is 1. The zero-order valence-corrected chi connectivity index (χ0v) is 16.9. The Morgan fingerprint density at radius 1 is 0.966 bits per heavy atom. The summed E-state index contributed by atoms with van der Waals surface area (Å²) in [4.78, 5) is 41.2. The minimum absolute atomic E-state index is 0. The second-order valence-corrected chi connectivity index (χ2v) is 7.39. The molecule has 2 aromatic carbocycles. The summed E-state index contributed by atoms with van der Waals surface area (Å²) in [6.07, 6.45) is 2.16. The molecule has 152 valence electrons. The number of hydrogen-bond acceptors (Lipinski definition) is 4. The Balaban J connectivity index is 0.00000240. The van der Waals surface area contributed by atoms with Crippen LogP contribution in [0, 0.1) is 0 Å². The summed E-state index contributed by atoms with van der Waals surface area (Å²) >= 11 is 0. The molecule has 0 radical (unpaired) electrons. The molecular formula is C22H24ClN3O3. The highest BCUT2D eigenvalue weighted by Crippen LogP contribution is 2.25. The number of likely N-dealkylation sites (tertiary alicyclic amines) is 1. The Morgan fingerprint density at radius 2 is 1.62 bits per heavy atom. The number of piperidine rings is 1. The molecule has 0 saturated carbocycles. The first-order chi connectivity index (χ1) is 13.5. The highest BCUT2D eigenvalue weighted by Gasteiger charge is 2.36. The van der Waals surface area contributed by atoms with Crippen LogP contribution in [0.1, 0.15) is 49.5 Å². The number of imide groups is 1. The first kappa shape index (κ1) is 21.0. The molecule has 2 heterocycles. The molecule has 0 aliphatic carbocycles. The van der Waals surface area contributed by atoms with Crippen molar-refractivity contribution in [3.8, 4) is 0 Å². The number of nitrogens with zero attached hydrogens (tertiary/aromatic N) is 2. The fourth-order valence-electron chi connectivity index (χ4n) is 3.80. The molecule has 3 amide bonds. The Bertz CT molecular complexity index is 924. The van der Waals surface area contributed by atoms with Crippen molar-refractivity contribution in [1.82, 2.24) is 9.80 Å². The Hall–Kier alpha value is -2.70. The number of fused-ring (bicyclic) bond motifs is 1. The predicted octanol–water partition coefficient (Wildman–Crippen LogP) is 2.51. The zero-order chi connectivity index (χ0) is 19.7. The maximum absolute atomic E-state index is 12.8. The Labute approximate surface area is 176 Å². The summed E-state index contributed by atoms with van der Waals surface area (Å²) in [7, 11) is 0. The van der Waals surface area contributed by atoms with Crippen molar-refractivity contribution in [3.05, 3.63) is 70.8 Å². The quantitative estimate of drug-likeness (QED) is 0.780. The second kappa shape index (κ2) is 8.76. The molecule has 2 aliphatic rings. The molecule has 1 fully saturated rings. The van der Waals surface area contributed by atoms with Crippen LogP contribution in [-0.2, 0) is 6.42 Å². The van der Waals surface area contributed by atoms with Gasteiger partial charge in [-0.1, -0.05) is 30.3 Å². The van der Waals surface area contributed by atoms with Crippen LogP contribution in [0.2, 0.25) is 0 Å². The van der Waals surface area contributed by atoms with Crippen LogP contribution < -0.4 is 5.73 Å². The summed E-state index contributed by atoms with van der Waals surface area (Å²) in [5, 5.41) is 0. The molecule has 4 rings (SSSR count). The molecule has 0 aromatic heterocycles. The minimum Gasteiger partial charge on any atom is -0.339 e. The summed E-state index contributed by atoms with van der Waals surface area (Å²) in [6, 6.07) is 14.7. The van der Waals surface area contributed by atoms with E-state index in [9.17, 15) is 14.4 Å². The van der Waals surface area contributed by atoms with Gasteiger partial charge in [-0.3, -0.25) is 19.3 Å². The molecule has 2 N–H and O–H groups in total. The van der Waals surface area contributed by atoms with Crippen molar-refractivity contribution in [2.75, 3.05) is 19.6 Å². The van der Waals surface area contributed by atoms with E-state index in [1.807, 2.05) is 30.3 Å². The van der Waals surface area contributed by atoms with E-state index >= 15 is 0 Å². The maximum atomic E-state index is 12.8. The smallest absolute Gasteiger partial charge is 0.261 e. The van der Waals surface area contributed by atoms with Crippen LogP contribution in [0.25, 0.3) is 0 Å². The third-order valence-electron chi connectivity index (χ3n) is 5.51. The third kappa shape index (κ3) is 4.18. The molecular weight excluding hydrogens is 390 g/mol. The monoisotopic (exact) mass is 413 g/mol. The first-order valence-electron chi connectivity index (χ1n) is 9.63. The van der Waals surface area contributed by atoms with Crippen molar-refractivity contribution in [3.63, 3.8) is 0 Å². The molecule has 29 heavy (non-hydrogen) atoms. The second-order valence-electron chi connectivity index (χ2n) is 7.39. The third-order valence-corrected chi connectivity index (χ3v) is 5.51. The molecule has 7 heteroatoms. The highest BCUT2D eigenvalue weighted by atomic mass is 35.5. The SMILES string of the molecule is Cl.NC1CCN(C(=O)c2ccc3c(c2)C(=O)N(CCc2ccccc2)C3=O)CC1.